The summed E-state index contributed by atoms with van der Waals surface area (Å²) in [5, 5.41) is 4.78. The molecule has 5 nitrogen and oxygen atoms in total. The van der Waals surface area contributed by atoms with Gasteiger partial charge in [-0.2, -0.15) is 8.78 Å². The molecule has 0 aliphatic carbocycles. The molecule has 2 amide bonds. The number of carbonyl (C=O) groups is 1. The van der Waals surface area contributed by atoms with E-state index < -0.39 is 6.61 Å². The number of hydrogen-bond donors (Lipinski definition) is 1. The lowest BCUT2D eigenvalue weighted by molar-refractivity contribution is -0.0504. The van der Waals surface area contributed by atoms with E-state index in [9.17, 15) is 13.6 Å². The van der Waals surface area contributed by atoms with E-state index in [1.807, 2.05) is 17.5 Å². The summed E-state index contributed by atoms with van der Waals surface area (Å²) in [7, 11) is 0. The minimum atomic E-state index is -2.91. The fourth-order valence-corrected chi connectivity index (χ4v) is 3.71. The first-order valence-corrected chi connectivity index (χ1v) is 9.69. The Morgan fingerprint density at radius 3 is 2.89 bits per heavy atom. The van der Waals surface area contributed by atoms with Gasteiger partial charge in [0.2, 0.25) is 0 Å². The minimum absolute atomic E-state index is 0.0326. The van der Waals surface area contributed by atoms with Gasteiger partial charge in [0.25, 0.3) is 0 Å². The Labute approximate surface area is 160 Å². The zero-order valence-corrected chi connectivity index (χ0v) is 15.6. The van der Waals surface area contributed by atoms with Gasteiger partial charge >= 0.3 is 12.6 Å². The van der Waals surface area contributed by atoms with Gasteiger partial charge < -0.3 is 19.7 Å². The van der Waals surface area contributed by atoms with Gasteiger partial charge in [0.15, 0.2) is 0 Å². The monoisotopic (exact) mass is 396 g/mol. The quantitative estimate of drug-likeness (QED) is 0.726. The number of carbonyl (C=O) groups excluding carboxylic acids is 1. The lowest BCUT2D eigenvalue weighted by Gasteiger charge is -2.25. The number of alkyl halides is 2. The number of nitrogens with zero attached hydrogens (tertiary/aromatic N) is 1. The molecule has 1 unspecified atom stereocenters. The first-order chi connectivity index (χ1) is 13.1. The Morgan fingerprint density at radius 1 is 1.33 bits per heavy atom. The maximum absolute atomic E-state index is 12.7. The van der Waals surface area contributed by atoms with Crippen LogP contribution in [0.1, 0.15) is 23.3 Å². The Hall–Kier alpha value is -2.19. The topological polar surface area (TPSA) is 50.8 Å². The fourth-order valence-electron chi connectivity index (χ4n) is 2.99. The molecule has 1 aliphatic rings. The van der Waals surface area contributed by atoms with Crippen LogP contribution in [0.2, 0.25) is 0 Å². The highest BCUT2D eigenvalue weighted by molar-refractivity contribution is 7.09. The average molecular weight is 396 g/mol. The van der Waals surface area contributed by atoms with Crippen molar-refractivity contribution in [3.05, 3.63) is 52.2 Å². The maximum atomic E-state index is 12.7. The lowest BCUT2D eigenvalue weighted by atomic mass is 10.2. The number of rotatable bonds is 8. The van der Waals surface area contributed by atoms with Crippen LogP contribution in [-0.2, 0) is 17.8 Å². The molecule has 1 saturated heterocycles. The minimum Gasteiger partial charge on any atom is -0.434 e. The molecule has 1 atom stereocenters. The van der Waals surface area contributed by atoms with E-state index in [0.717, 1.165) is 24.3 Å². The molecule has 0 spiro atoms. The number of ether oxygens (including phenoxy) is 2. The third-order valence-corrected chi connectivity index (χ3v) is 5.14. The van der Waals surface area contributed by atoms with Crippen LogP contribution in [0.5, 0.6) is 5.75 Å². The molecule has 3 rings (SSSR count). The van der Waals surface area contributed by atoms with Gasteiger partial charge in [-0.15, -0.1) is 11.3 Å². The van der Waals surface area contributed by atoms with Crippen molar-refractivity contribution < 1.29 is 23.0 Å². The standard InChI is InChI=1S/C19H22F2N2O3S/c20-18(21)26-17-8-2-1-5-14(17)11-22-19(24)23(12-15-6-3-9-25-15)13-16-7-4-10-27-16/h1-2,4-5,7-8,10,15,18H,3,6,9,11-13H2,(H,22,24). The van der Waals surface area contributed by atoms with Gasteiger partial charge in [0.05, 0.1) is 12.6 Å². The third-order valence-electron chi connectivity index (χ3n) is 4.28. The second kappa shape index (κ2) is 9.66. The Morgan fingerprint density at radius 2 is 2.19 bits per heavy atom. The van der Waals surface area contributed by atoms with Crippen molar-refractivity contribution >= 4 is 17.4 Å². The molecule has 1 aromatic heterocycles. The molecular formula is C19H22F2N2O3S. The van der Waals surface area contributed by atoms with Crippen molar-refractivity contribution in [2.75, 3.05) is 13.2 Å². The highest BCUT2D eigenvalue weighted by atomic mass is 32.1. The van der Waals surface area contributed by atoms with Crippen LogP contribution < -0.4 is 10.1 Å². The van der Waals surface area contributed by atoms with Crippen LogP contribution in [0.25, 0.3) is 0 Å². The summed E-state index contributed by atoms with van der Waals surface area (Å²) in [5.41, 5.74) is 0.499. The van der Waals surface area contributed by atoms with Crippen LogP contribution in [0.4, 0.5) is 13.6 Å². The molecule has 27 heavy (non-hydrogen) atoms. The number of thiophene rings is 1. The summed E-state index contributed by atoms with van der Waals surface area (Å²) >= 11 is 1.58. The molecule has 2 aromatic rings. The summed E-state index contributed by atoms with van der Waals surface area (Å²) in [6, 6.07) is 10.1. The lowest BCUT2D eigenvalue weighted by Crippen LogP contribution is -2.43. The summed E-state index contributed by atoms with van der Waals surface area (Å²) < 4.78 is 35.2. The zero-order valence-electron chi connectivity index (χ0n) is 14.8. The summed E-state index contributed by atoms with van der Waals surface area (Å²) in [6.45, 7) is -1.10. The summed E-state index contributed by atoms with van der Waals surface area (Å²) in [6.07, 6.45) is 1.96. The molecule has 0 saturated carbocycles. The number of halogens is 2. The summed E-state index contributed by atoms with van der Waals surface area (Å²) in [5.74, 6) is 0.0664. The largest absolute Gasteiger partial charge is 0.434 e. The first kappa shape index (κ1) is 19.6. The van der Waals surface area contributed by atoms with E-state index in [4.69, 9.17) is 4.74 Å². The van der Waals surface area contributed by atoms with Crippen molar-refractivity contribution in [2.24, 2.45) is 0 Å². The van der Waals surface area contributed by atoms with E-state index in [1.165, 1.54) is 6.07 Å². The van der Waals surface area contributed by atoms with Crippen LogP contribution in [0.15, 0.2) is 41.8 Å². The van der Waals surface area contributed by atoms with Crippen molar-refractivity contribution in [3.8, 4) is 5.75 Å². The molecule has 1 N–H and O–H groups in total. The van der Waals surface area contributed by atoms with Gasteiger partial charge in [-0.25, -0.2) is 4.79 Å². The Balaban J connectivity index is 1.63. The molecule has 1 fully saturated rings. The van der Waals surface area contributed by atoms with E-state index in [0.29, 0.717) is 18.7 Å². The number of hydrogen-bond acceptors (Lipinski definition) is 4. The van der Waals surface area contributed by atoms with Gasteiger partial charge in [-0.05, 0) is 30.4 Å². The first-order valence-electron chi connectivity index (χ1n) is 8.81. The zero-order chi connectivity index (χ0) is 19.1. The van der Waals surface area contributed by atoms with Gasteiger partial charge in [0, 0.05) is 30.1 Å². The van der Waals surface area contributed by atoms with Crippen molar-refractivity contribution in [1.29, 1.82) is 0 Å². The van der Waals surface area contributed by atoms with E-state index in [2.05, 4.69) is 10.1 Å². The van der Waals surface area contributed by atoms with Crippen LogP contribution >= 0.6 is 11.3 Å². The number of urea groups is 1. The molecule has 2 heterocycles. The third kappa shape index (κ3) is 5.90. The predicted octanol–water partition coefficient (Wildman–Crippen LogP) is 4.24. The van der Waals surface area contributed by atoms with Gasteiger partial charge in [0.1, 0.15) is 5.75 Å². The molecule has 1 aliphatic heterocycles. The molecule has 8 heteroatoms. The normalized spacial score (nSPS) is 16.5. The van der Waals surface area contributed by atoms with Crippen molar-refractivity contribution in [1.82, 2.24) is 10.2 Å². The van der Waals surface area contributed by atoms with E-state index in [1.54, 1.807) is 34.4 Å². The average Bonchev–Trinajstić information content (AvgIpc) is 3.34. The molecule has 146 valence electrons. The maximum Gasteiger partial charge on any atom is 0.387 e. The SMILES string of the molecule is O=C(NCc1ccccc1OC(F)F)N(Cc1cccs1)CC1CCCO1. The Kier molecular flexibility index (Phi) is 7.00. The van der Waals surface area contributed by atoms with Crippen molar-refractivity contribution in [3.63, 3.8) is 0 Å². The number of benzene rings is 1. The van der Waals surface area contributed by atoms with Crippen molar-refractivity contribution in [2.45, 2.75) is 38.6 Å². The number of nitrogens with one attached hydrogen (secondary N) is 1. The highest BCUT2D eigenvalue weighted by Gasteiger charge is 2.23. The Bertz CT molecular complexity index is 722. The molecule has 1 aromatic carbocycles. The second-order valence-electron chi connectivity index (χ2n) is 6.24. The molecule has 0 bridgehead atoms. The second-order valence-corrected chi connectivity index (χ2v) is 7.27. The fraction of sp³-hybridized carbons (Fsp3) is 0.421. The number of amides is 2. The number of para-hydroxylation sites is 1. The van der Waals surface area contributed by atoms with Gasteiger partial charge in [-0.3, -0.25) is 0 Å². The highest BCUT2D eigenvalue weighted by Crippen LogP contribution is 2.21. The molecule has 0 radical (unpaired) electrons. The van der Waals surface area contributed by atoms with Crippen LogP contribution in [0, 0.1) is 0 Å². The van der Waals surface area contributed by atoms with E-state index in [-0.39, 0.29) is 24.4 Å². The summed E-state index contributed by atoms with van der Waals surface area (Å²) in [4.78, 5) is 15.5. The predicted molar refractivity (Wildman–Crippen MR) is 99.0 cm³/mol. The van der Waals surface area contributed by atoms with Crippen LogP contribution in [0.3, 0.4) is 0 Å². The molecular weight excluding hydrogens is 374 g/mol. The van der Waals surface area contributed by atoms with Gasteiger partial charge in [-0.1, -0.05) is 24.3 Å². The van der Waals surface area contributed by atoms with Crippen LogP contribution in [-0.4, -0.2) is 36.8 Å². The van der Waals surface area contributed by atoms with E-state index >= 15 is 0 Å². The smallest absolute Gasteiger partial charge is 0.387 e.